The van der Waals surface area contributed by atoms with Crippen LogP contribution in [-0.4, -0.2) is 35.7 Å². The molecule has 0 spiro atoms. The number of carbonyl (C=O) groups is 1. The highest BCUT2D eigenvalue weighted by Crippen LogP contribution is 2.20. The van der Waals surface area contributed by atoms with Gasteiger partial charge < -0.3 is 15.0 Å². The molecule has 114 valence electrons. The Hall–Kier alpha value is -1.14. The number of esters is 1. The van der Waals surface area contributed by atoms with Crippen molar-refractivity contribution < 1.29 is 9.53 Å². The summed E-state index contributed by atoms with van der Waals surface area (Å²) < 4.78 is 6.11. The molecular weight excluding hydrogens is 352 g/mol. The van der Waals surface area contributed by atoms with Crippen LogP contribution in [-0.2, 0) is 9.53 Å². The Morgan fingerprint density at radius 1 is 1.57 bits per heavy atom. The number of nitrogens with one attached hydrogen (secondary N) is 1. The zero-order valence-corrected chi connectivity index (χ0v) is 14.4. The van der Waals surface area contributed by atoms with E-state index in [0.29, 0.717) is 18.3 Å². The molecular formula is C15H19BrN2O2S. The number of benzene rings is 1. The maximum absolute atomic E-state index is 11.9. The first-order valence-corrected chi connectivity index (χ1v) is 8.28. The Labute approximate surface area is 139 Å². The summed E-state index contributed by atoms with van der Waals surface area (Å²) in [5.74, 6) is -0.201. The molecule has 1 aromatic carbocycles. The van der Waals surface area contributed by atoms with Gasteiger partial charge in [-0.3, -0.25) is 4.79 Å². The van der Waals surface area contributed by atoms with Crippen LogP contribution in [0.15, 0.2) is 28.7 Å². The molecule has 1 heterocycles. The molecule has 1 N–H and O–H groups in total. The molecule has 0 aliphatic carbocycles. The average Bonchev–Trinajstić information content (AvgIpc) is 2.47. The molecule has 6 heteroatoms. The lowest BCUT2D eigenvalue weighted by Gasteiger charge is -2.33. The van der Waals surface area contributed by atoms with Crippen molar-refractivity contribution in [3.05, 3.63) is 28.7 Å². The van der Waals surface area contributed by atoms with Crippen molar-refractivity contribution in [3.63, 3.8) is 0 Å². The molecule has 21 heavy (non-hydrogen) atoms. The second-order valence-corrected chi connectivity index (χ2v) is 6.28. The van der Waals surface area contributed by atoms with Gasteiger partial charge in [0, 0.05) is 23.2 Å². The fourth-order valence-electron chi connectivity index (χ4n) is 2.38. The van der Waals surface area contributed by atoms with E-state index in [9.17, 15) is 4.79 Å². The number of likely N-dealkylation sites (tertiary alicyclic amines) is 1. The fourth-order valence-corrected chi connectivity index (χ4v) is 3.07. The first-order valence-electron chi connectivity index (χ1n) is 7.08. The number of ether oxygens (including phenoxy) is 1. The molecule has 0 saturated carbocycles. The van der Waals surface area contributed by atoms with Crippen LogP contribution in [0.3, 0.4) is 0 Å². The van der Waals surface area contributed by atoms with Gasteiger partial charge in [-0.05, 0) is 50.2 Å². The molecule has 1 saturated heterocycles. The van der Waals surface area contributed by atoms with Crippen molar-refractivity contribution in [2.75, 3.05) is 25.0 Å². The number of thiocarbonyl (C=S) groups is 1. The monoisotopic (exact) mass is 370 g/mol. The van der Waals surface area contributed by atoms with E-state index < -0.39 is 0 Å². The number of hydrogen-bond donors (Lipinski definition) is 1. The predicted molar refractivity (Wildman–Crippen MR) is 91.3 cm³/mol. The number of halogens is 1. The van der Waals surface area contributed by atoms with E-state index in [1.807, 2.05) is 36.1 Å². The number of piperidine rings is 1. The zero-order chi connectivity index (χ0) is 15.2. The van der Waals surface area contributed by atoms with Gasteiger partial charge in [-0.25, -0.2) is 0 Å². The Morgan fingerprint density at radius 2 is 2.38 bits per heavy atom. The number of carbonyl (C=O) groups excluding carboxylic acids is 1. The summed E-state index contributed by atoms with van der Waals surface area (Å²) in [6.07, 6.45) is 1.82. The van der Waals surface area contributed by atoms with Crippen molar-refractivity contribution in [1.29, 1.82) is 0 Å². The summed E-state index contributed by atoms with van der Waals surface area (Å²) in [5, 5.41) is 3.87. The van der Waals surface area contributed by atoms with Gasteiger partial charge in [0.1, 0.15) is 0 Å². The molecule has 0 amide bonds. The van der Waals surface area contributed by atoms with Crippen LogP contribution in [0.2, 0.25) is 0 Å². The van der Waals surface area contributed by atoms with Crippen LogP contribution in [0.1, 0.15) is 19.8 Å². The highest BCUT2D eigenvalue weighted by Gasteiger charge is 2.28. The lowest BCUT2D eigenvalue weighted by molar-refractivity contribution is -0.149. The summed E-state index contributed by atoms with van der Waals surface area (Å²) >= 11 is 8.89. The Bertz CT molecular complexity index is 524. The maximum atomic E-state index is 11.9. The standard InChI is InChI=1S/C15H19BrN2O2S/c1-2-20-14(19)11-5-4-8-18(10-11)15(21)17-13-7-3-6-12(16)9-13/h3,6-7,9,11H,2,4-5,8,10H2,1H3,(H,17,21)/t11-/m1/s1. The number of anilines is 1. The summed E-state index contributed by atoms with van der Waals surface area (Å²) in [6, 6.07) is 7.85. The lowest BCUT2D eigenvalue weighted by atomic mass is 9.98. The van der Waals surface area contributed by atoms with Gasteiger partial charge in [0.2, 0.25) is 0 Å². The lowest BCUT2D eigenvalue weighted by Crippen LogP contribution is -2.44. The number of rotatable bonds is 3. The van der Waals surface area contributed by atoms with Crippen LogP contribution in [0.25, 0.3) is 0 Å². The van der Waals surface area contributed by atoms with E-state index in [0.717, 1.165) is 29.5 Å². The van der Waals surface area contributed by atoms with Crippen LogP contribution in [0, 0.1) is 5.92 Å². The second-order valence-electron chi connectivity index (χ2n) is 4.98. The molecule has 2 rings (SSSR count). The molecule has 1 aromatic rings. The predicted octanol–water partition coefficient (Wildman–Crippen LogP) is 3.42. The third-order valence-electron chi connectivity index (χ3n) is 3.40. The smallest absolute Gasteiger partial charge is 0.310 e. The van der Waals surface area contributed by atoms with E-state index in [1.54, 1.807) is 0 Å². The fraction of sp³-hybridized carbons (Fsp3) is 0.467. The van der Waals surface area contributed by atoms with E-state index >= 15 is 0 Å². The maximum Gasteiger partial charge on any atom is 0.310 e. The molecule has 0 aromatic heterocycles. The summed E-state index contributed by atoms with van der Waals surface area (Å²) in [4.78, 5) is 13.9. The molecule has 1 aliphatic rings. The van der Waals surface area contributed by atoms with Gasteiger partial charge in [0.25, 0.3) is 0 Å². The van der Waals surface area contributed by atoms with Gasteiger partial charge in [-0.2, -0.15) is 0 Å². The summed E-state index contributed by atoms with van der Waals surface area (Å²) in [6.45, 7) is 3.75. The summed E-state index contributed by atoms with van der Waals surface area (Å²) in [5.41, 5.74) is 0.938. The second kappa shape index (κ2) is 7.75. The van der Waals surface area contributed by atoms with Gasteiger partial charge >= 0.3 is 5.97 Å². The van der Waals surface area contributed by atoms with Crippen molar-refractivity contribution in [1.82, 2.24) is 4.90 Å². The van der Waals surface area contributed by atoms with Crippen LogP contribution in [0.5, 0.6) is 0 Å². The van der Waals surface area contributed by atoms with Gasteiger partial charge in [0.05, 0.1) is 12.5 Å². The van der Waals surface area contributed by atoms with Crippen LogP contribution < -0.4 is 5.32 Å². The first kappa shape index (κ1) is 16.2. The molecule has 0 unspecified atom stereocenters. The minimum atomic E-state index is -0.118. The molecule has 4 nitrogen and oxygen atoms in total. The van der Waals surface area contributed by atoms with Gasteiger partial charge in [-0.15, -0.1) is 0 Å². The topological polar surface area (TPSA) is 41.6 Å². The van der Waals surface area contributed by atoms with Crippen LogP contribution in [0.4, 0.5) is 5.69 Å². The SMILES string of the molecule is CCOC(=O)[C@@H]1CCCN(C(=S)Nc2cccc(Br)c2)C1. The van der Waals surface area contributed by atoms with Gasteiger partial charge in [-0.1, -0.05) is 22.0 Å². The quantitative estimate of drug-likeness (QED) is 0.652. The van der Waals surface area contributed by atoms with E-state index in [2.05, 4.69) is 21.2 Å². The highest BCUT2D eigenvalue weighted by molar-refractivity contribution is 9.10. The molecule has 0 radical (unpaired) electrons. The summed E-state index contributed by atoms with van der Waals surface area (Å²) in [7, 11) is 0. The normalized spacial score (nSPS) is 18.2. The van der Waals surface area contributed by atoms with Crippen molar-refractivity contribution >= 4 is 44.9 Å². The van der Waals surface area contributed by atoms with E-state index in [-0.39, 0.29) is 11.9 Å². The highest BCUT2D eigenvalue weighted by atomic mass is 79.9. The van der Waals surface area contributed by atoms with E-state index in [1.165, 1.54) is 0 Å². The first-order chi connectivity index (χ1) is 10.1. The molecule has 1 atom stereocenters. The Kier molecular flexibility index (Phi) is 5.99. The van der Waals surface area contributed by atoms with Gasteiger partial charge in [0.15, 0.2) is 5.11 Å². The number of nitrogens with zero attached hydrogens (tertiary/aromatic N) is 1. The Morgan fingerprint density at radius 3 is 3.10 bits per heavy atom. The van der Waals surface area contributed by atoms with Crippen molar-refractivity contribution in [2.45, 2.75) is 19.8 Å². The minimum Gasteiger partial charge on any atom is -0.466 e. The molecule has 0 bridgehead atoms. The average molecular weight is 371 g/mol. The molecule has 1 aliphatic heterocycles. The largest absolute Gasteiger partial charge is 0.466 e. The van der Waals surface area contributed by atoms with E-state index in [4.69, 9.17) is 17.0 Å². The Balaban J connectivity index is 1.94. The third-order valence-corrected chi connectivity index (χ3v) is 4.26. The third kappa shape index (κ3) is 4.68. The molecule has 1 fully saturated rings. The van der Waals surface area contributed by atoms with Crippen molar-refractivity contribution in [3.8, 4) is 0 Å². The zero-order valence-electron chi connectivity index (χ0n) is 12.0. The minimum absolute atomic E-state index is 0.0824. The van der Waals surface area contributed by atoms with Crippen molar-refractivity contribution in [2.24, 2.45) is 5.92 Å². The number of hydrogen-bond acceptors (Lipinski definition) is 3. The van der Waals surface area contributed by atoms with Crippen LogP contribution >= 0.6 is 28.1 Å².